The van der Waals surface area contributed by atoms with Crippen LogP contribution in [0, 0.1) is 5.92 Å². The van der Waals surface area contributed by atoms with E-state index in [1.807, 2.05) is 18.2 Å². The van der Waals surface area contributed by atoms with Crippen LogP contribution in [-0.4, -0.2) is 37.8 Å². The highest BCUT2D eigenvalue weighted by Crippen LogP contribution is 2.36. The summed E-state index contributed by atoms with van der Waals surface area (Å²) in [6.45, 7) is 1.39. The van der Waals surface area contributed by atoms with E-state index < -0.39 is 0 Å². The first-order valence-corrected chi connectivity index (χ1v) is 7.28. The zero-order valence-corrected chi connectivity index (χ0v) is 11.8. The molecular weight excluding hydrogens is 268 g/mol. The minimum atomic E-state index is -0.295. The van der Waals surface area contributed by atoms with Crippen LogP contribution in [0.25, 0.3) is 0 Å². The van der Waals surface area contributed by atoms with E-state index in [-0.39, 0.29) is 18.3 Å². The maximum atomic E-state index is 11.2. The van der Waals surface area contributed by atoms with Gasteiger partial charge in [-0.05, 0) is 24.3 Å². The third kappa shape index (κ3) is 3.59. The van der Waals surface area contributed by atoms with Crippen molar-refractivity contribution in [3.8, 4) is 0 Å². The maximum Gasteiger partial charge on any atom is 0.340 e. The first kappa shape index (κ1) is 14.0. The van der Waals surface area contributed by atoms with E-state index in [9.17, 15) is 9.90 Å². The molecule has 0 aliphatic heterocycles. The number of aromatic nitrogens is 3. The maximum absolute atomic E-state index is 11.2. The zero-order valence-electron chi connectivity index (χ0n) is 11.8. The van der Waals surface area contributed by atoms with Gasteiger partial charge in [0.1, 0.15) is 5.82 Å². The lowest BCUT2D eigenvalue weighted by atomic mass is 10.1. The van der Waals surface area contributed by atoms with Crippen LogP contribution >= 0.6 is 0 Å². The Hall–Kier alpha value is -1.92. The normalized spacial score (nSPS) is 16.3. The van der Waals surface area contributed by atoms with E-state index >= 15 is 0 Å². The van der Waals surface area contributed by atoms with E-state index in [1.54, 1.807) is 0 Å². The van der Waals surface area contributed by atoms with Gasteiger partial charge in [0.15, 0.2) is 0 Å². The molecule has 0 radical (unpaired) electrons. The third-order valence-corrected chi connectivity index (χ3v) is 3.95. The number of benzene rings is 1. The molecule has 1 saturated carbocycles. The smallest absolute Gasteiger partial charge is 0.340 e. The fourth-order valence-corrected chi connectivity index (χ4v) is 2.72. The van der Waals surface area contributed by atoms with Gasteiger partial charge in [0.05, 0.1) is 13.2 Å². The first-order chi connectivity index (χ1) is 10.3. The van der Waals surface area contributed by atoms with E-state index in [0.29, 0.717) is 18.3 Å². The van der Waals surface area contributed by atoms with E-state index in [0.717, 1.165) is 19.4 Å². The number of rotatable bonds is 7. The van der Waals surface area contributed by atoms with Crippen LogP contribution in [0.5, 0.6) is 0 Å². The van der Waals surface area contributed by atoms with Crippen LogP contribution in [0.1, 0.15) is 24.2 Å². The van der Waals surface area contributed by atoms with Crippen molar-refractivity contribution in [2.24, 2.45) is 5.92 Å². The third-order valence-electron chi connectivity index (χ3n) is 3.95. The summed E-state index contributed by atoms with van der Waals surface area (Å²) < 4.78 is 0. The number of H-pyrrole nitrogens is 2. The summed E-state index contributed by atoms with van der Waals surface area (Å²) in [5.74, 6) is 1.15. The van der Waals surface area contributed by atoms with Crippen LogP contribution in [0.4, 0.5) is 0 Å². The van der Waals surface area contributed by atoms with Crippen LogP contribution < -0.4 is 5.69 Å². The van der Waals surface area contributed by atoms with E-state index in [2.05, 4.69) is 32.2 Å². The SMILES string of the molecule is O=c1[nH]nc(CN(Cc2ccccc2)C(CO)C2CC2)[nH]1. The summed E-state index contributed by atoms with van der Waals surface area (Å²) >= 11 is 0. The Bertz CT molecular complexity index is 618. The molecule has 1 unspecified atom stereocenters. The molecule has 0 spiro atoms. The van der Waals surface area contributed by atoms with Crippen molar-refractivity contribution < 1.29 is 5.11 Å². The molecule has 21 heavy (non-hydrogen) atoms. The topological polar surface area (TPSA) is 85.0 Å². The van der Waals surface area contributed by atoms with Crippen molar-refractivity contribution in [1.29, 1.82) is 0 Å². The average Bonchev–Trinajstić information content (AvgIpc) is 3.24. The van der Waals surface area contributed by atoms with Crippen molar-refractivity contribution in [3.05, 3.63) is 52.2 Å². The minimum absolute atomic E-state index is 0.116. The molecule has 3 N–H and O–H groups in total. The highest BCUT2D eigenvalue weighted by Gasteiger charge is 2.35. The lowest BCUT2D eigenvalue weighted by Crippen LogP contribution is -2.39. The Morgan fingerprint density at radius 1 is 1.29 bits per heavy atom. The largest absolute Gasteiger partial charge is 0.395 e. The van der Waals surface area contributed by atoms with Crippen LogP contribution in [-0.2, 0) is 13.1 Å². The molecule has 0 saturated heterocycles. The molecule has 1 aromatic carbocycles. The summed E-state index contributed by atoms with van der Waals surface area (Å²) in [6, 6.07) is 10.3. The fraction of sp³-hybridized carbons (Fsp3) is 0.467. The second-order valence-electron chi connectivity index (χ2n) is 5.60. The molecule has 0 bridgehead atoms. The second kappa shape index (κ2) is 6.24. The summed E-state index contributed by atoms with van der Waals surface area (Å²) in [6.07, 6.45) is 2.32. The highest BCUT2D eigenvalue weighted by atomic mass is 16.3. The molecule has 1 aliphatic rings. The Labute approximate surface area is 122 Å². The number of hydrogen-bond donors (Lipinski definition) is 3. The molecule has 2 aromatic rings. The van der Waals surface area contributed by atoms with Crippen molar-refractivity contribution in [1.82, 2.24) is 20.1 Å². The Morgan fingerprint density at radius 2 is 2.05 bits per heavy atom. The molecule has 6 nitrogen and oxygen atoms in total. The Morgan fingerprint density at radius 3 is 2.62 bits per heavy atom. The molecule has 1 heterocycles. The van der Waals surface area contributed by atoms with Gasteiger partial charge in [-0.1, -0.05) is 30.3 Å². The first-order valence-electron chi connectivity index (χ1n) is 7.28. The lowest BCUT2D eigenvalue weighted by Gasteiger charge is -2.29. The summed E-state index contributed by atoms with van der Waals surface area (Å²) in [4.78, 5) is 16.1. The molecule has 1 aliphatic carbocycles. The van der Waals surface area contributed by atoms with Gasteiger partial charge in [-0.3, -0.25) is 9.88 Å². The summed E-state index contributed by atoms with van der Waals surface area (Å²) in [5.41, 5.74) is 0.895. The predicted octanol–water partition coefficient (Wildman–Crippen LogP) is 0.871. The lowest BCUT2D eigenvalue weighted by molar-refractivity contribution is 0.0923. The van der Waals surface area contributed by atoms with Gasteiger partial charge in [-0.2, -0.15) is 5.10 Å². The van der Waals surface area contributed by atoms with Gasteiger partial charge in [0.2, 0.25) is 0 Å². The number of aliphatic hydroxyl groups is 1. The van der Waals surface area contributed by atoms with Crippen molar-refractivity contribution in [2.75, 3.05) is 6.61 Å². The number of aromatic amines is 2. The fourth-order valence-electron chi connectivity index (χ4n) is 2.72. The van der Waals surface area contributed by atoms with Gasteiger partial charge in [-0.15, -0.1) is 0 Å². The highest BCUT2D eigenvalue weighted by molar-refractivity contribution is 5.15. The van der Waals surface area contributed by atoms with Gasteiger partial charge < -0.3 is 5.11 Å². The predicted molar refractivity (Wildman–Crippen MR) is 78.5 cm³/mol. The van der Waals surface area contributed by atoms with Crippen LogP contribution in [0.3, 0.4) is 0 Å². The van der Waals surface area contributed by atoms with Gasteiger partial charge >= 0.3 is 5.69 Å². The van der Waals surface area contributed by atoms with Crippen LogP contribution in [0.2, 0.25) is 0 Å². The molecule has 6 heteroatoms. The number of hydrogen-bond acceptors (Lipinski definition) is 4. The second-order valence-corrected chi connectivity index (χ2v) is 5.60. The molecule has 1 atom stereocenters. The van der Waals surface area contributed by atoms with E-state index in [1.165, 1.54) is 5.56 Å². The summed E-state index contributed by atoms with van der Waals surface area (Å²) in [5, 5.41) is 16.1. The molecular formula is C15H20N4O2. The van der Waals surface area contributed by atoms with Crippen molar-refractivity contribution in [2.45, 2.75) is 32.0 Å². The number of nitrogens with zero attached hydrogens (tertiary/aromatic N) is 2. The standard InChI is InChI=1S/C15H20N4O2/c20-10-13(12-6-7-12)19(8-11-4-2-1-3-5-11)9-14-16-15(21)18-17-14/h1-5,12-13,20H,6-10H2,(H2,16,17,18,21). The van der Waals surface area contributed by atoms with Gasteiger partial charge in [0, 0.05) is 12.6 Å². The zero-order chi connectivity index (χ0) is 14.7. The van der Waals surface area contributed by atoms with Gasteiger partial charge in [0.25, 0.3) is 0 Å². The Kier molecular flexibility index (Phi) is 4.17. The summed E-state index contributed by atoms with van der Waals surface area (Å²) in [7, 11) is 0. The number of aliphatic hydroxyl groups excluding tert-OH is 1. The minimum Gasteiger partial charge on any atom is -0.395 e. The molecule has 3 rings (SSSR count). The average molecular weight is 288 g/mol. The molecule has 0 amide bonds. The molecule has 1 fully saturated rings. The van der Waals surface area contributed by atoms with Crippen molar-refractivity contribution >= 4 is 0 Å². The Balaban J connectivity index is 1.77. The molecule has 112 valence electrons. The monoisotopic (exact) mass is 288 g/mol. The van der Waals surface area contributed by atoms with Crippen LogP contribution in [0.15, 0.2) is 35.1 Å². The number of nitrogens with one attached hydrogen (secondary N) is 2. The quantitative estimate of drug-likeness (QED) is 0.706. The van der Waals surface area contributed by atoms with Crippen molar-refractivity contribution in [3.63, 3.8) is 0 Å². The van der Waals surface area contributed by atoms with Gasteiger partial charge in [-0.25, -0.2) is 9.89 Å². The van der Waals surface area contributed by atoms with E-state index in [4.69, 9.17) is 0 Å². The molecule has 1 aromatic heterocycles.